The summed E-state index contributed by atoms with van der Waals surface area (Å²) in [5.41, 5.74) is 0.556. The third kappa shape index (κ3) is 6.02. The summed E-state index contributed by atoms with van der Waals surface area (Å²) in [6.45, 7) is 1.42. The number of hydrogen-bond acceptors (Lipinski definition) is 3. The zero-order valence-corrected chi connectivity index (χ0v) is 16.7. The third-order valence-electron chi connectivity index (χ3n) is 6.27. The zero-order valence-electron chi connectivity index (χ0n) is 16.7. The minimum atomic E-state index is -0.889. The van der Waals surface area contributed by atoms with Gasteiger partial charge in [0, 0.05) is 37.9 Å². The van der Waals surface area contributed by atoms with Gasteiger partial charge in [-0.3, -0.25) is 14.4 Å². The van der Waals surface area contributed by atoms with Crippen LogP contribution in [-0.2, 0) is 20.8 Å². The van der Waals surface area contributed by atoms with Gasteiger partial charge in [0.15, 0.2) is 0 Å². The molecule has 29 heavy (non-hydrogen) atoms. The third-order valence-corrected chi connectivity index (χ3v) is 6.27. The molecule has 0 unspecified atom stereocenters. The van der Waals surface area contributed by atoms with Crippen LogP contribution < -0.4 is 5.32 Å². The second-order valence-corrected chi connectivity index (χ2v) is 8.38. The number of aliphatic carboxylic acids is 1. The number of nitrogens with one attached hydrogen (secondary N) is 1. The maximum Gasteiger partial charge on any atom is 0.303 e. The molecule has 2 N–H and O–H groups in total. The molecule has 2 saturated heterocycles. The van der Waals surface area contributed by atoms with E-state index in [-0.39, 0.29) is 24.1 Å². The molecule has 2 aliphatic heterocycles. The lowest BCUT2D eigenvalue weighted by Crippen LogP contribution is -2.44. The molecule has 2 heterocycles. The average Bonchev–Trinajstić information content (AvgIpc) is 3.08. The van der Waals surface area contributed by atoms with Gasteiger partial charge in [-0.25, -0.2) is 4.39 Å². The van der Waals surface area contributed by atoms with Crippen LogP contribution in [0.5, 0.6) is 0 Å². The van der Waals surface area contributed by atoms with Crippen LogP contribution in [0.3, 0.4) is 0 Å². The van der Waals surface area contributed by atoms with Gasteiger partial charge in [-0.2, -0.15) is 0 Å². The van der Waals surface area contributed by atoms with Gasteiger partial charge in [0.25, 0.3) is 0 Å². The Hall–Kier alpha value is -2.44. The summed E-state index contributed by atoms with van der Waals surface area (Å²) in [6, 6.07) is 6.60. The largest absolute Gasteiger partial charge is 0.481 e. The summed E-state index contributed by atoms with van der Waals surface area (Å²) in [7, 11) is 0. The number of hydrogen-bond donors (Lipinski definition) is 2. The van der Waals surface area contributed by atoms with Crippen molar-refractivity contribution >= 4 is 17.8 Å². The minimum Gasteiger partial charge on any atom is -0.481 e. The molecule has 0 bridgehead atoms. The number of likely N-dealkylation sites (tertiary alicyclic amines) is 1. The molecule has 7 heteroatoms. The lowest BCUT2D eigenvalue weighted by molar-refractivity contribution is -0.137. The number of carboxylic acid groups (broad SMARTS) is 1. The van der Waals surface area contributed by atoms with Crippen LogP contribution in [0, 0.1) is 11.7 Å². The van der Waals surface area contributed by atoms with Crippen molar-refractivity contribution in [1.29, 1.82) is 0 Å². The van der Waals surface area contributed by atoms with Crippen molar-refractivity contribution < 1.29 is 23.9 Å². The predicted octanol–water partition coefficient (Wildman–Crippen LogP) is 2.90. The van der Waals surface area contributed by atoms with Crippen molar-refractivity contribution in [1.82, 2.24) is 10.2 Å². The number of carboxylic acids is 1. The van der Waals surface area contributed by atoms with Crippen LogP contribution in [-0.4, -0.2) is 46.4 Å². The molecule has 1 aromatic rings. The molecule has 6 nitrogen and oxygen atoms in total. The molecule has 0 saturated carbocycles. The molecule has 2 aliphatic rings. The van der Waals surface area contributed by atoms with Crippen LogP contribution in [0.2, 0.25) is 0 Å². The molecule has 1 aromatic carbocycles. The van der Waals surface area contributed by atoms with Gasteiger partial charge in [-0.05, 0) is 62.1 Å². The molecular weight excluding hydrogens is 375 g/mol. The number of carbonyl (C=O) groups excluding carboxylic acids is 2. The van der Waals surface area contributed by atoms with Crippen molar-refractivity contribution in [2.45, 2.75) is 63.3 Å². The highest BCUT2D eigenvalue weighted by Gasteiger charge is 2.38. The summed E-state index contributed by atoms with van der Waals surface area (Å²) < 4.78 is 13.0. The normalized spacial score (nSPS) is 22.5. The fourth-order valence-corrected chi connectivity index (χ4v) is 4.46. The molecule has 2 amide bonds. The number of halogens is 1. The lowest BCUT2D eigenvalue weighted by Gasteiger charge is -2.34. The first-order chi connectivity index (χ1) is 13.8. The zero-order chi connectivity index (χ0) is 20.9. The lowest BCUT2D eigenvalue weighted by atomic mass is 9.86. The van der Waals surface area contributed by atoms with Crippen molar-refractivity contribution in [2.24, 2.45) is 5.92 Å². The van der Waals surface area contributed by atoms with Crippen molar-refractivity contribution in [3.8, 4) is 0 Å². The fourth-order valence-electron chi connectivity index (χ4n) is 4.46. The second kappa shape index (κ2) is 9.37. The van der Waals surface area contributed by atoms with Gasteiger partial charge >= 0.3 is 5.97 Å². The predicted molar refractivity (Wildman–Crippen MR) is 106 cm³/mol. The van der Waals surface area contributed by atoms with Gasteiger partial charge < -0.3 is 15.3 Å². The molecule has 0 aliphatic carbocycles. The maximum atomic E-state index is 13.0. The fraction of sp³-hybridized carbons (Fsp3) is 0.591. The summed E-state index contributed by atoms with van der Waals surface area (Å²) in [5.74, 6) is -0.625. The Morgan fingerprint density at radius 1 is 1.14 bits per heavy atom. The standard InChI is InChI=1S/C22H29FN2O4/c23-18-3-1-16(2-4-18)15-17-8-13-25(14-9-17)20(27)6-11-22(12-7-21(28)29)10-5-19(26)24-22/h1-4,17H,5-15H2,(H,24,26)(H,28,29)/t22-/m0/s1. The van der Waals surface area contributed by atoms with Gasteiger partial charge in [-0.15, -0.1) is 0 Å². The quantitative estimate of drug-likeness (QED) is 0.698. The SMILES string of the molecule is O=C(O)CC[C@@]1(CCC(=O)N2CCC(Cc3ccc(F)cc3)CC2)CCC(=O)N1. The number of nitrogens with zero attached hydrogens (tertiary/aromatic N) is 1. The van der Waals surface area contributed by atoms with E-state index < -0.39 is 11.5 Å². The average molecular weight is 404 g/mol. The van der Waals surface area contributed by atoms with Crippen molar-refractivity contribution in [3.05, 3.63) is 35.6 Å². The molecule has 1 atom stereocenters. The Balaban J connectivity index is 1.45. The van der Waals surface area contributed by atoms with E-state index in [1.54, 1.807) is 0 Å². The van der Waals surface area contributed by atoms with Crippen LogP contribution in [0.1, 0.15) is 56.9 Å². The van der Waals surface area contributed by atoms with E-state index in [4.69, 9.17) is 5.11 Å². The number of benzene rings is 1. The molecule has 158 valence electrons. The Kier molecular flexibility index (Phi) is 6.87. The topological polar surface area (TPSA) is 86.7 Å². The monoisotopic (exact) mass is 404 g/mol. The highest BCUT2D eigenvalue weighted by atomic mass is 19.1. The van der Waals surface area contributed by atoms with Gasteiger partial charge in [0.1, 0.15) is 5.82 Å². The highest BCUT2D eigenvalue weighted by molar-refractivity contribution is 5.80. The Labute approximate surface area is 170 Å². The van der Waals surface area contributed by atoms with Crippen molar-refractivity contribution in [3.63, 3.8) is 0 Å². The van der Waals surface area contributed by atoms with Crippen LogP contribution in [0.15, 0.2) is 24.3 Å². The number of carbonyl (C=O) groups is 3. The molecule has 0 aromatic heterocycles. The van der Waals surface area contributed by atoms with E-state index >= 15 is 0 Å². The summed E-state index contributed by atoms with van der Waals surface area (Å²) >= 11 is 0. The number of amides is 2. The highest BCUT2D eigenvalue weighted by Crippen LogP contribution is 2.31. The first-order valence-electron chi connectivity index (χ1n) is 10.4. The molecular formula is C22H29FN2O4. The smallest absolute Gasteiger partial charge is 0.303 e. The van der Waals surface area contributed by atoms with E-state index in [0.29, 0.717) is 51.1 Å². The van der Waals surface area contributed by atoms with E-state index in [1.807, 2.05) is 17.0 Å². The van der Waals surface area contributed by atoms with Crippen LogP contribution >= 0.6 is 0 Å². The summed E-state index contributed by atoms with van der Waals surface area (Å²) in [5, 5.41) is 11.9. The van der Waals surface area contributed by atoms with Gasteiger partial charge in [0.2, 0.25) is 11.8 Å². The molecule has 0 spiro atoms. The summed E-state index contributed by atoms with van der Waals surface area (Å²) in [6.07, 6.45) is 4.88. The van der Waals surface area contributed by atoms with Gasteiger partial charge in [-0.1, -0.05) is 12.1 Å². The maximum absolute atomic E-state index is 13.0. The first-order valence-corrected chi connectivity index (χ1v) is 10.4. The van der Waals surface area contributed by atoms with E-state index in [0.717, 1.165) is 24.8 Å². The Morgan fingerprint density at radius 2 is 1.79 bits per heavy atom. The molecule has 2 fully saturated rings. The number of rotatable bonds is 8. The van der Waals surface area contributed by atoms with Crippen LogP contribution in [0.4, 0.5) is 4.39 Å². The number of piperidine rings is 1. The first kappa shape index (κ1) is 21.3. The van der Waals surface area contributed by atoms with Gasteiger partial charge in [0.05, 0.1) is 0 Å². The van der Waals surface area contributed by atoms with Crippen LogP contribution in [0.25, 0.3) is 0 Å². The molecule has 0 radical (unpaired) electrons. The molecule has 3 rings (SSSR count). The van der Waals surface area contributed by atoms with Crippen molar-refractivity contribution in [2.75, 3.05) is 13.1 Å². The van der Waals surface area contributed by atoms with E-state index in [9.17, 15) is 18.8 Å². The second-order valence-electron chi connectivity index (χ2n) is 8.38. The minimum absolute atomic E-state index is 0.0107. The Bertz CT molecular complexity index is 744. The Morgan fingerprint density at radius 3 is 2.38 bits per heavy atom. The van der Waals surface area contributed by atoms with E-state index in [1.165, 1.54) is 12.1 Å². The van der Waals surface area contributed by atoms with E-state index in [2.05, 4.69) is 5.32 Å². The summed E-state index contributed by atoms with van der Waals surface area (Å²) in [4.78, 5) is 37.2.